The van der Waals surface area contributed by atoms with Gasteiger partial charge in [-0.15, -0.1) is 0 Å². The maximum Gasteiger partial charge on any atom is 0.240 e. The zero-order chi connectivity index (χ0) is 14.6. The van der Waals surface area contributed by atoms with E-state index in [1.54, 1.807) is 12.1 Å². The average Bonchev–Trinajstić information content (AvgIpc) is 2.46. The molecule has 0 aromatic heterocycles. The Morgan fingerprint density at radius 1 is 1.35 bits per heavy atom. The molecule has 0 spiro atoms. The first kappa shape index (κ1) is 15.4. The van der Waals surface area contributed by atoms with Gasteiger partial charge in [0, 0.05) is 18.7 Å². The van der Waals surface area contributed by atoms with Crippen molar-refractivity contribution in [3.8, 4) is 0 Å². The van der Waals surface area contributed by atoms with Crippen molar-refractivity contribution in [2.45, 2.75) is 30.3 Å². The summed E-state index contributed by atoms with van der Waals surface area (Å²) >= 11 is 4.83. The lowest BCUT2D eigenvalue weighted by Gasteiger charge is -2.22. The molecule has 1 atom stereocenters. The van der Waals surface area contributed by atoms with E-state index in [-0.39, 0.29) is 16.0 Å². The molecule has 1 heterocycles. The first-order valence-corrected chi connectivity index (χ1v) is 8.39. The first-order chi connectivity index (χ1) is 9.49. The summed E-state index contributed by atoms with van der Waals surface area (Å²) in [5, 5.41) is 0. The van der Waals surface area contributed by atoms with Crippen molar-refractivity contribution in [1.29, 1.82) is 0 Å². The van der Waals surface area contributed by atoms with Crippen LogP contribution in [-0.4, -0.2) is 32.7 Å². The largest absolute Gasteiger partial charge is 0.389 e. The Bertz CT molecular complexity index is 564. The molecule has 0 radical (unpaired) electrons. The number of rotatable bonds is 5. The quantitative estimate of drug-likeness (QED) is 0.797. The number of hydrogen-bond acceptors (Lipinski definition) is 4. The van der Waals surface area contributed by atoms with Gasteiger partial charge in [-0.05, 0) is 31.4 Å². The van der Waals surface area contributed by atoms with Gasteiger partial charge in [0.15, 0.2) is 0 Å². The predicted molar refractivity (Wildman–Crippen MR) is 81.1 cm³/mol. The lowest BCUT2D eigenvalue weighted by molar-refractivity contribution is 0.0200. The van der Waals surface area contributed by atoms with Gasteiger partial charge in [-0.25, -0.2) is 13.1 Å². The van der Waals surface area contributed by atoms with Gasteiger partial charge in [-0.1, -0.05) is 24.4 Å². The molecule has 0 amide bonds. The molecular weight excluding hydrogens is 296 g/mol. The van der Waals surface area contributed by atoms with Crippen molar-refractivity contribution >= 4 is 27.2 Å². The fourth-order valence-corrected chi connectivity index (χ4v) is 3.26. The highest BCUT2D eigenvalue weighted by Gasteiger charge is 2.19. The number of sulfonamides is 1. The number of thiocarbonyl (C=S) groups is 1. The molecule has 1 unspecified atom stereocenters. The summed E-state index contributed by atoms with van der Waals surface area (Å²) in [5.41, 5.74) is 6.13. The van der Waals surface area contributed by atoms with E-state index in [0.29, 0.717) is 18.7 Å². The van der Waals surface area contributed by atoms with Crippen LogP contribution in [0.1, 0.15) is 24.8 Å². The molecule has 2 rings (SSSR count). The molecule has 1 aromatic carbocycles. The number of nitrogens with one attached hydrogen (secondary N) is 1. The van der Waals surface area contributed by atoms with E-state index >= 15 is 0 Å². The van der Waals surface area contributed by atoms with Crippen molar-refractivity contribution in [2.75, 3.05) is 13.2 Å². The fraction of sp³-hybridized carbons (Fsp3) is 0.462. The summed E-state index contributed by atoms with van der Waals surface area (Å²) in [6.45, 7) is 1.01. The van der Waals surface area contributed by atoms with E-state index in [1.807, 2.05) is 0 Å². The highest BCUT2D eigenvalue weighted by Crippen LogP contribution is 2.14. The van der Waals surface area contributed by atoms with Gasteiger partial charge < -0.3 is 10.5 Å². The first-order valence-electron chi connectivity index (χ1n) is 6.50. The minimum atomic E-state index is -3.52. The third-order valence-electron chi connectivity index (χ3n) is 3.22. The van der Waals surface area contributed by atoms with Crippen molar-refractivity contribution in [1.82, 2.24) is 4.72 Å². The highest BCUT2D eigenvalue weighted by molar-refractivity contribution is 7.89. The Morgan fingerprint density at radius 3 is 2.60 bits per heavy atom. The van der Waals surface area contributed by atoms with E-state index in [0.717, 1.165) is 19.3 Å². The summed E-state index contributed by atoms with van der Waals surface area (Å²) in [6, 6.07) is 6.21. The van der Waals surface area contributed by atoms with Gasteiger partial charge in [-0.3, -0.25) is 0 Å². The summed E-state index contributed by atoms with van der Waals surface area (Å²) in [5.74, 6) is 0. The van der Waals surface area contributed by atoms with E-state index in [2.05, 4.69) is 4.72 Å². The maximum atomic E-state index is 12.1. The van der Waals surface area contributed by atoms with Crippen molar-refractivity contribution in [3.05, 3.63) is 29.8 Å². The molecule has 1 aliphatic rings. The number of nitrogens with two attached hydrogens (primary N) is 1. The molecule has 20 heavy (non-hydrogen) atoms. The summed E-state index contributed by atoms with van der Waals surface area (Å²) in [4.78, 5) is 0.450. The molecule has 0 aliphatic carbocycles. The molecule has 7 heteroatoms. The molecule has 5 nitrogen and oxygen atoms in total. The topological polar surface area (TPSA) is 81.4 Å². The Hall–Kier alpha value is -1.02. The second-order valence-electron chi connectivity index (χ2n) is 4.73. The van der Waals surface area contributed by atoms with Crippen molar-refractivity contribution < 1.29 is 13.2 Å². The fourth-order valence-electron chi connectivity index (χ4n) is 2.05. The van der Waals surface area contributed by atoms with Gasteiger partial charge in [0.25, 0.3) is 0 Å². The molecule has 110 valence electrons. The van der Waals surface area contributed by atoms with Crippen LogP contribution >= 0.6 is 12.2 Å². The standard InChI is InChI=1S/C13H18N2O3S2/c14-13(19)10-4-6-12(7-5-10)20(16,17)15-9-11-3-1-2-8-18-11/h4-7,11,15H,1-3,8-9H2,(H2,14,19). The third-order valence-corrected chi connectivity index (χ3v) is 4.90. The molecule has 0 saturated carbocycles. The van der Waals surface area contributed by atoms with Crippen LogP contribution in [0.2, 0.25) is 0 Å². The van der Waals surface area contributed by atoms with E-state index in [9.17, 15) is 8.42 Å². The van der Waals surface area contributed by atoms with Gasteiger partial charge in [0.2, 0.25) is 10.0 Å². The van der Waals surface area contributed by atoms with Crippen molar-refractivity contribution in [2.24, 2.45) is 5.73 Å². The normalized spacial score (nSPS) is 19.7. The van der Waals surface area contributed by atoms with Crippen LogP contribution in [0.3, 0.4) is 0 Å². The molecule has 1 saturated heterocycles. The summed E-state index contributed by atoms with van der Waals surface area (Å²) < 4.78 is 32.3. The van der Waals surface area contributed by atoms with Crippen LogP contribution < -0.4 is 10.5 Å². The summed E-state index contributed by atoms with van der Waals surface area (Å²) in [6.07, 6.45) is 2.98. The summed E-state index contributed by atoms with van der Waals surface area (Å²) in [7, 11) is -3.52. The van der Waals surface area contributed by atoms with Gasteiger partial charge in [0.1, 0.15) is 4.99 Å². The molecule has 1 aromatic rings. The van der Waals surface area contributed by atoms with Crippen LogP contribution in [0.15, 0.2) is 29.2 Å². The van der Waals surface area contributed by atoms with Gasteiger partial charge >= 0.3 is 0 Å². The Kier molecular flexibility index (Phi) is 5.09. The molecule has 0 bridgehead atoms. The molecule has 1 aliphatic heterocycles. The second-order valence-corrected chi connectivity index (χ2v) is 6.94. The Labute approximate surface area is 124 Å². The molecule has 3 N–H and O–H groups in total. The molecule has 1 fully saturated rings. The second kappa shape index (κ2) is 6.62. The lowest BCUT2D eigenvalue weighted by atomic mass is 10.1. The van der Waals surface area contributed by atoms with Crippen LogP contribution in [-0.2, 0) is 14.8 Å². The third kappa shape index (κ3) is 3.99. The Morgan fingerprint density at radius 2 is 2.05 bits per heavy atom. The smallest absolute Gasteiger partial charge is 0.240 e. The monoisotopic (exact) mass is 314 g/mol. The molecular formula is C13H18N2O3S2. The van der Waals surface area contributed by atoms with E-state index in [4.69, 9.17) is 22.7 Å². The number of benzene rings is 1. The van der Waals surface area contributed by atoms with Crippen LogP contribution in [0.5, 0.6) is 0 Å². The highest BCUT2D eigenvalue weighted by atomic mass is 32.2. The lowest BCUT2D eigenvalue weighted by Crippen LogP contribution is -2.35. The zero-order valence-electron chi connectivity index (χ0n) is 11.0. The van der Waals surface area contributed by atoms with Crippen molar-refractivity contribution in [3.63, 3.8) is 0 Å². The van der Waals surface area contributed by atoms with Gasteiger partial charge in [-0.2, -0.15) is 0 Å². The predicted octanol–water partition coefficient (Wildman–Crippen LogP) is 1.17. The zero-order valence-corrected chi connectivity index (χ0v) is 12.7. The number of hydrogen-bond donors (Lipinski definition) is 2. The maximum absolute atomic E-state index is 12.1. The van der Waals surface area contributed by atoms with Gasteiger partial charge in [0.05, 0.1) is 11.0 Å². The van der Waals surface area contributed by atoms with E-state index in [1.165, 1.54) is 12.1 Å². The Balaban J connectivity index is 2.00. The average molecular weight is 314 g/mol. The minimum absolute atomic E-state index is 0.0329. The van der Waals surface area contributed by atoms with Crippen LogP contribution in [0, 0.1) is 0 Å². The van der Waals surface area contributed by atoms with E-state index < -0.39 is 10.0 Å². The number of ether oxygens (including phenoxy) is 1. The van der Waals surface area contributed by atoms with Crippen LogP contribution in [0.25, 0.3) is 0 Å². The SMILES string of the molecule is NC(=S)c1ccc(S(=O)(=O)NCC2CCCCO2)cc1. The minimum Gasteiger partial charge on any atom is -0.389 e. The van der Waals surface area contributed by atoms with Crippen LogP contribution in [0.4, 0.5) is 0 Å².